The minimum Gasteiger partial charge on any atom is -0.493 e. The monoisotopic (exact) mass is 265 g/mol. The number of hydrogen-bond donors (Lipinski definition) is 1. The smallest absolute Gasteiger partial charge is 0.124 e. The summed E-state index contributed by atoms with van der Waals surface area (Å²) in [6.07, 6.45) is 2.28. The molecule has 1 N–H and O–H groups in total. The van der Waals surface area contributed by atoms with Crippen LogP contribution in [-0.2, 0) is 6.42 Å². The van der Waals surface area contributed by atoms with Gasteiger partial charge in [-0.3, -0.25) is 0 Å². The van der Waals surface area contributed by atoms with Gasteiger partial charge >= 0.3 is 0 Å². The molecule has 2 aromatic rings. The van der Waals surface area contributed by atoms with E-state index in [0.717, 1.165) is 25.3 Å². The maximum atomic E-state index is 5.72. The third-order valence-corrected chi connectivity index (χ3v) is 4.53. The van der Waals surface area contributed by atoms with Crippen LogP contribution in [0.4, 0.5) is 0 Å². The number of benzene rings is 2. The SMILES string of the molecule is c1ccc2c(c1)CC2CNC1CCOc2ccccc21. The Labute approximate surface area is 119 Å². The average molecular weight is 265 g/mol. The Balaban J connectivity index is 1.45. The van der Waals surface area contributed by atoms with E-state index in [-0.39, 0.29) is 0 Å². The van der Waals surface area contributed by atoms with Crippen LogP contribution in [0.25, 0.3) is 0 Å². The van der Waals surface area contributed by atoms with Crippen molar-refractivity contribution in [2.24, 2.45) is 0 Å². The molecule has 0 radical (unpaired) electrons. The van der Waals surface area contributed by atoms with Crippen LogP contribution in [-0.4, -0.2) is 13.2 Å². The minimum absolute atomic E-state index is 0.438. The Kier molecular flexibility index (Phi) is 2.96. The zero-order chi connectivity index (χ0) is 13.4. The highest BCUT2D eigenvalue weighted by atomic mass is 16.5. The lowest BCUT2D eigenvalue weighted by Crippen LogP contribution is -2.34. The van der Waals surface area contributed by atoms with Crippen LogP contribution in [0.15, 0.2) is 48.5 Å². The fourth-order valence-electron chi connectivity index (χ4n) is 3.38. The average Bonchev–Trinajstić information content (AvgIpc) is 2.48. The summed E-state index contributed by atoms with van der Waals surface area (Å²) in [5, 5.41) is 3.74. The molecule has 1 aliphatic heterocycles. The molecule has 1 aliphatic carbocycles. The van der Waals surface area contributed by atoms with Crippen molar-refractivity contribution in [3.05, 3.63) is 65.2 Å². The standard InChI is InChI=1S/C18H19NO/c1-2-6-15-13(5-1)11-14(15)12-19-17-9-10-20-18-8-4-3-7-16(17)18/h1-8,14,17,19H,9-12H2. The Bertz CT molecular complexity index is 622. The van der Waals surface area contributed by atoms with Crippen LogP contribution in [0, 0.1) is 0 Å². The number of hydrogen-bond acceptors (Lipinski definition) is 2. The number of ether oxygens (including phenoxy) is 1. The molecule has 102 valence electrons. The van der Waals surface area contributed by atoms with E-state index in [1.165, 1.54) is 23.1 Å². The molecule has 0 amide bonds. The van der Waals surface area contributed by atoms with Crippen LogP contribution >= 0.6 is 0 Å². The molecule has 2 heteroatoms. The minimum atomic E-state index is 0.438. The molecule has 2 unspecified atom stereocenters. The largest absolute Gasteiger partial charge is 0.493 e. The summed E-state index contributed by atoms with van der Waals surface area (Å²) in [6, 6.07) is 17.6. The summed E-state index contributed by atoms with van der Waals surface area (Å²) in [5.41, 5.74) is 4.36. The first-order valence-electron chi connectivity index (χ1n) is 7.45. The predicted octanol–water partition coefficient (Wildman–Crippen LogP) is 3.44. The fraction of sp³-hybridized carbons (Fsp3) is 0.333. The van der Waals surface area contributed by atoms with Crippen molar-refractivity contribution in [2.45, 2.75) is 24.8 Å². The predicted molar refractivity (Wildman–Crippen MR) is 80.2 cm³/mol. The highest BCUT2D eigenvalue weighted by Crippen LogP contribution is 2.36. The molecule has 2 aliphatic rings. The van der Waals surface area contributed by atoms with Gasteiger partial charge in [-0.05, 0) is 23.6 Å². The van der Waals surface area contributed by atoms with Gasteiger partial charge in [-0.2, -0.15) is 0 Å². The van der Waals surface area contributed by atoms with Gasteiger partial charge in [0.1, 0.15) is 5.75 Å². The lowest BCUT2D eigenvalue weighted by atomic mass is 9.77. The molecule has 0 saturated heterocycles. The van der Waals surface area contributed by atoms with Gasteiger partial charge in [0.05, 0.1) is 6.61 Å². The maximum Gasteiger partial charge on any atom is 0.124 e. The lowest BCUT2D eigenvalue weighted by Gasteiger charge is -2.33. The third-order valence-electron chi connectivity index (χ3n) is 4.53. The van der Waals surface area contributed by atoms with E-state index in [1.54, 1.807) is 0 Å². The van der Waals surface area contributed by atoms with E-state index in [1.807, 2.05) is 6.07 Å². The molecule has 1 heterocycles. The Morgan fingerprint density at radius 3 is 2.70 bits per heavy atom. The molecule has 20 heavy (non-hydrogen) atoms. The van der Waals surface area contributed by atoms with E-state index >= 15 is 0 Å². The zero-order valence-corrected chi connectivity index (χ0v) is 11.5. The normalized spacial score (nSPS) is 23.2. The highest BCUT2D eigenvalue weighted by molar-refractivity contribution is 5.41. The summed E-state index contributed by atoms with van der Waals surface area (Å²) in [4.78, 5) is 0. The number of para-hydroxylation sites is 1. The molecular weight excluding hydrogens is 246 g/mol. The summed E-state index contributed by atoms with van der Waals surface area (Å²) >= 11 is 0. The van der Waals surface area contributed by atoms with Crippen molar-refractivity contribution in [3.63, 3.8) is 0 Å². The summed E-state index contributed by atoms with van der Waals surface area (Å²) in [6.45, 7) is 1.88. The van der Waals surface area contributed by atoms with Crippen molar-refractivity contribution >= 4 is 0 Å². The van der Waals surface area contributed by atoms with Crippen LogP contribution in [0.2, 0.25) is 0 Å². The third kappa shape index (κ3) is 2.01. The second-order valence-corrected chi connectivity index (χ2v) is 5.74. The lowest BCUT2D eigenvalue weighted by molar-refractivity contribution is 0.250. The maximum absolute atomic E-state index is 5.72. The van der Waals surface area contributed by atoms with E-state index in [4.69, 9.17) is 4.74 Å². The molecular formula is C18H19NO. The van der Waals surface area contributed by atoms with Crippen LogP contribution < -0.4 is 10.1 Å². The fourth-order valence-corrected chi connectivity index (χ4v) is 3.38. The van der Waals surface area contributed by atoms with Gasteiger partial charge in [-0.1, -0.05) is 42.5 Å². The summed E-state index contributed by atoms with van der Waals surface area (Å²) in [5.74, 6) is 1.73. The number of rotatable bonds is 3. The van der Waals surface area contributed by atoms with Crippen molar-refractivity contribution in [2.75, 3.05) is 13.2 Å². The van der Waals surface area contributed by atoms with Gasteiger partial charge in [0.15, 0.2) is 0 Å². The molecule has 2 atom stereocenters. The second kappa shape index (κ2) is 4.95. The van der Waals surface area contributed by atoms with Gasteiger partial charge in [0, 0.05) is 30.5 Å². The molecule has 0 bridgehead atoms. The molecule has 0 saturated carbocycles. The second-order valence-electron chi connectivity index (χ2n) is 5.74. The van der Waals surface area contributed by atoms with E-state index in [0.29, 0.717) is 12.0 Å². The Hall–Kier alpha value is -1.80. The van der Waals surface area contributed by atoms with Crippen molar-refractivity contribution in [1.29, 1.82) is 0 Å². The highest BCUT2D eigenvalue weighted by Gasteiger charge is 2.27. The molecule has 0 aromatic heterocycles. The zero-order valence-electron chi connectivity index (χ0n) is 11.5. The first-order valence-corrected chi connectivity index (χ1v) is 7.45. The Morgan fingerprint density at radius 2 is 1.80 bits per heavy atom. The Morgan fingerprint density at radius 1 is 1.00 bits per heavy atom. The molecule has 2 nitrogen and oxygen atoms in total. The molecule has 0 fully saturated rings. The molecule has 2 aromatic carbocycles. The van der Waals surface area contributed by atoms with Crippen molar-refractivity contribution in [1.82, 2.24) is 5.32 Å². The summed E-state index contributed by atoms with van der Waals surface area (Å²) in [7, 11) is 0. The van der Waals surface area contributed by atoms with Crippen molar-refractivity contribution < 1.29 is 4.74 Å². The van der Waals surface area contributed by atoms with Crippen LogP contribution in [0.5, 0.6) is 5.75 Å². The van der Waals surface area contributed by atoms with Gasteiger partial charge in [-0.25, -0.2) is 0 Å². The first-order chi connectivity index (χ1) is 9.92. The van der Waals surface area contributed by atoms with Crippen LogP contribution in [0.1, 0.15) is 35.1 Å². The van der Waals surface area contributed by atoms with E-state index in [2.05, 4.69) is 47.8 Å². The van der Waals surface area contributed by atoms with E-state index < -0.39 is 0 Å². The topological polar surface area (TPSA) is 21.3 Å². The van der Waals surface area contributed by atoms with Gasteiger partial charge in [0.25, 0.3) is 0 Å². The molecule has 0 spiro atoms. The quantitative estimate of drug-likeness (QED) is 0.918. The van der Waals surface area contributed by atoms with Gasteiger partial charge in [-0.15, -0.1) is 0 Å². The number of nitrogens with one attached hydrogen (secondary N) is 1. The van der Waals surface area contributed by atoms with Crippen LogP contribution in [0.3, 0.4) is 0 Å². The van der Waals surface area contributed by atoms with Gasteiger partial charge < -0.3 is 10.1 Å². The first kappa shape index (κ1) is 12.0. The van der Waals surface area contributed by atoms with E-state index in [9.17, 15) is 0 Å². The van der Waals surface area contributed by atoms with Crippen molar-refractivity contribution in [3.8, 4) is 5.75 Å². The summed E-state index contributed by atoms with van der Waals surface area (Å²) < 4.78 is 5.72. The van der Waals surface area contributed by atoms with Gasteiger partial charge in [0.2, 0.25) is 0 Å². The number of fused-ring (bicyclic) bond motifs is 2. The molecule has 4 rings (SSSR count).